The lowest BCUT2D eigenvalue weighted by molar-refractivity contribution is -0.131. The number of ether oxygens (including phenoxy) is 1. The minimum Gasteiger partial charge on any atom is -0.388 e. The zero-order valence-corrected chi connectivity index (χ0v) is 8.16. The maximum atomic E-state index is 10.7. The summed E-state index contributed by atoms with van der Waals surface area (Å²) in [6, 6.07) is 0. The average molecular weight is 242 g/mol. The second-order valence-electron chi connectivity index (χ2n) is 3.16. The van der Waals surface area contributed by atoms with Crippen LogP contribution in [0.3, 0.4) is 0 Å². The maximum absolute atomic E-state index is 10.7. The summed E-state index contributed by atoms with van der Waals surface area (Å²) in [6.45, 7) is -0.447. The predicted molar refractivity (Wildman–Crippen MR) is 44.3 cm³/mol. The number of aliphatic hydroxyl groups is 3. The Morgan fingerprint density at radius 2 is 1.93 bits per heavy atom. The lowest BCUT2D eigenvalue weighted by Gasteiger charge is -2.26. The van der Waals surface area contributed by atoms with Crippen molar-refractivity contribution in [1.29, 1.82) is 0 Å². The summed E-state index contributed by atoms with van der Waals surface area (Å²) in [7, 11) is -5.16. The van der Waals surface area contributed by atoms with Crippen molar-refractivity contribution in [3.05, 3.63) is 0 Å². The highest BCUT2D eigenvalue weighted by Crippen LogP contribution is 2.27. The van der Waals surface area contributed by atoms with Gasteiger partial charge < -0.3 is 20.1 Å². The highest BCUT2D eigenvalue weighted by Gasteiger charge is 2.56. The van der Waals surface area contributed by atoms with Gasteiger partial charge in [-0.2, -0.15) is 8.42 Å². The molecular weight excluding hydrogens is 232 g/mol. The number of rotatable bonds is 3. The zero-order valence-electron chi connectivity index (χ0n) is 7.35. The van der Waals surface area contributed by atoms with Gasteiger partial charge in [-0.25, -0.2) is 0 Å². The molecule has 0 aromatic rings. The number of aldehydes is 1. The van der Waals surface area contributed by atoms with Crippen LogP contribution in [-0.2, 0) is 19.6 Å². The van der Waals surface area contributed by atoms with Gasteiger partial charge in [0.05, 0.1) is 6.61 Å². The number of hydrogen-bond acceptors (Lipinski definition) is 7. The van der Waals surface area contributed by atoms with Crippen LogP contribution in [0.5, 0.6) is 0 Å². The van der Waals surface area contributed by atoms with Crippen molar-refractivity contribution >= 4 is 16.4 Å². The van der Waals surface area contributed by atoms with Crippen molar-refractivity contribution in [2.45, 2.75) is 23.2 Å². The molecule has 0 aromatic carbocycles. The lowest BCUT2D eigenvalue weighted by Crippen LogP contribution is -2.55. The molecule has 88 valence electrons. The second-order valence-corrected chi connectivity index (χ2v) is 4.76. The van der Waals surface area contributed by atoms with Crippen molar-refractivity contribution in [2.75, 3.05) is 6.61 Å². The van der Waals surface area contributed by atoms with E-state index in [1.165, 1.54) is 0 Å². The van der Waals surface area contributed by atoms with Gasteiger partial charge in [0, 0.05) is 0 Å². The fourth-order valence-electron chi connectivity index (χ4n) is 1.24. The lowest BCUT2D eigenvalue weighted by atomic mass is 10.1. The normalized spacial score (nSPS) is 36.1. The smallest absolute Gasteiger partial charge is 0.305 e. The molecule has 15 heavy (non-hydrogen) atoms. The van der Waals surface area contributed by atoms with E-state index in [0.717, 1.165) is 0 Å². The van der Waals surface area contributed by atoms with E-state index in [4.69, 9.17) is 9.66 Å². The van der Waals surface area contributed by atoms with Crippen LogP contribution in [0.2, 0.25) is 0 Å². The van der Waals surface area contributed by atoms with Crippen LogP contribution >= 0.6 is 0 Å². The Labute approximate surface area is 84.8 Å². The summed E-state index contributed by atoms with van der Waals surface area (Å²) >= 11 is 0. The first-order valence-corrected chi connectivity index (χ1v) is 5.31. The molecule has 4 atom stereocenters. The summed E-state index contributed by atoms with van der Waals surface area (Å²) < 4.78 is 34.6. The fourth-order valence-corrected chi connectivity index (χ4v) is 1.86. The van der Waals surface area contributed by atoms with Crippen molar-refractivity contribution in [3.63, 3.8) is 0 Å². The van der Waals surface area contributed by atoms with Crippen LogP contribution < -0.4 is 0 Å². The standard InChI is InChI=1S/C6H10O8S/c7-2-6(10,15(11,12)13)5-4(9)3(8)1-14-5/h2-5,8-10H,1H2,(H,11,12,13)/t3-,4+,5+,6-/m1/s1. The van der Waals surface area contributed by atoms with Gasteiger partial charge >= 0.3 is 10.1 Å². The van der Waals surface area contributed by atoms with Crippen LogP contribution in [0.1, 0.15) is 0 Å². The van der Waals surface area contributed by atoms with Gasteiger partial charge in [-0.1, -0.05) is 0 Å². The monoisotopic (exact) mass is 242 g/mol. The molecule has 1 heterocycles. The minimum atomic E-state index is -5.16. The van der Waals surface area contributed by atoms with E-state index in [1.807, 2.05) is 0 Å². The topological polar surface area (TPSA) is 141 Å². The maximum Gasteiger partial charge on any atom is 0.305 e. The number of hydrogen-bond donors (Lipinski definition) is 4. The SMILES string of the molecule is O=C[C@](O)([C@H]1OC[C@@H](O)[C@@H]1O)S(=O)(=O)O. The van der Waals surface area contributed by atoms with E-state index in [1.54, 1.807) is 0 Å². The van der Waals surface area contributed by atoms with Crippen LogP contribution in [0, 0.1) is 0 Å². The number of carbonyl (C=O) groups is 1. The van der Waals surface area contributed by atoms with Crippen molar-refractivity contribution in [3.8, 4) is 0 Å². The Bertz CT molecular complexity index is 350. The van der Waals surface area contributed by atoms with Gasteiger partial charge in [-0.3, -0.25) is 9.35 Å². The molecule has 1 rings (SSSR count). The fraction of sp³-hybridized carbons (Fsp3) is 0.833. The van der Waals surface area contributed by atoms with Crippen LogP contribution in [0.4, 0.5) is 0 Å². The molecule has 1 aliphatic rings. The zero-order chi connectivity index (χ0) is 11.9. The highest BCUT2D eigenvalue weighted by atomic mass is 32.2. The van der Waals surface area contributed by atoms with Crippen LogP contribution in [-0.4, -0.2) is 64.4 Å². The summed E-state index contributed by atoms with van der Waals surface area (Å²) in [5.74, 6) is 0. The first kappa shape index (κ1) is 12.5. The third kappa shape index (κ3) is 1.89. The summed E-state index contributed by atoms with van der Waals surface area (Å²) in [4.78, 5) is 7.18. The van der Waals surface area contributed by atoms with Gasteiger partial charge in [-0.15, -0.1) is 0 Å². The van der Waals surface area contributed by atoms with E-state index in [0.29, 0.717) is 0 Å². The molecule has 0 unspecified atom stereocenters. The van der Waals surface area contributed by atoms with Crippen molar-refractivity contribution < 1.29 is 37.8 Å². The van der Waals surface area contributed by atoms with Crippen LogP contribution in [0.15, 0.2) is 0 Å². The molecule has 4 N–H and O–H groups in total. The molecule has 0 bridgehead atoms. The molecular formula is C6H10O8S. The Morgan fingerprint density at radius 1 is 1.40 bits per heavy atom. The number of carbonyl (C=O) groups excluding carboxylic acids is 1. The molecule has 1 aliphatic heterocycles. The first-order valence-electron chi connectivity index (χ1n) is 3.87. The first-order chi connectivity index (χ1) is 6.74. The predicted octanol–water partition coefficient (Wildman–Crippen LogP) is -3.12. The molecule has 0 radical (unpaired) electrons. The number of aliphatic hydroxyl groups excluding tert-OH is 2. The Morgan fingerprint density at radius 3 is 2.20 bits per heavy atom. The molecule has 0 amide bonds. The van der Waals surface area contributed by atoms with Gasteiger partial charge in [0.25, 0.3) is 4.93 Å². The molecule has 8 nitrogen and oxygen atoms in total. The van der Waals surface area contributed by atoms with Crippen molar-refractivity contribution in [1.82, 2.24) is 0 Å². The van der Waals surface area contributed by atoms with E-state index >= 15 is 0 Å². The van der Waals surface area contributed by atoms with Gasteiger partial charge in [0.2, 0.25) is 0 Å². The molecule has 9 heteroatoms. The molecule has 1 fully saturated rings. The van der Waals surface area contributed by atoms with Gasteiger partial charge in [-0.05, 0) is 0 Å². The van der Waals surface area contributed by atoms with E-state index < -0.39 is 46.3 Å². The minimum absolute atomic E-state index is 0.447. The summed E-state index contributed by atoms with van der Waals surface area (Å²) in [5, 5.41) is 27.6. The molecule has 0 aliphatic carbocycles. The van der Waals surface area contributed by atoms with Gasteiger partial charge in [0.1, 0.15) is 18.3 Å². The van der Waals surface area contributed by atoms with Crippen molar-refractivity contribution in [2.24, 2.45) is 0 Å². The molecule has 1 saturated heterocycles. The van der Waals surface area contributed by atoms with Gasteiger partial charge in [0.15, 0.2) is 6.29 Å². The Kier molecular flexibility index (Phi) is 3.14. The van der Waals surface area contributed by atoms with E-state index in [2.05, 4.69) is 4.74 Å². The molecule has 0 spiro atoms. The highest BCUT2D eigenvalue weighted by molar-refractivity contribution is 7.87. The van der Waals surface area contributed by atoms with Crippen LogP contribution in [0.25, 0.3) is 0 Å². The third-order valence-electron chi connectivity index (χ3n) is 2.14. The van der Waals surface area contributed by atoms with E-state index in [9.17, 15) is 23.4 Å². The largest absolute Gasteiger partial charge is 0.388 e. The van der Waals surface area contributed by atoms with E-state index in [-0.39, 0.29) is 0 Å². The average Bonchev–Trinajstić information content (AvgIpc) is 2.45. The summed E-state index contributed by atoms with van der Waals surface area (Å²) in [5.41, 5.74) is 0. The second kappa shape index (κ2) is 3.77. The molecule has 0 saturated carbocycles. The Balaban J connectivity index is 3.09. The third-order valence-corrected chi connectivity index (χ3v) is 3.30. The molecule has 0 aromatic heterocycles. The summed E-state index contributed by atoms with van der Waals surface area (Å²) in [6.07, 6.45) is -5.58. The Hall–Kier alpha value is -0.580. The quantitative estimate of drug-likeness (QED) is 0.301.